The summed E-state index contributed by atoms with van der Waals surface area (Å²) >= 11 is 0. The van der Waals surface area contributed by atoms with Gasteiger partial charge >= 0.3 is 0 Å². The number of rotatable bonds is 1. The largest absolute Gasteiger partial charge is 0.433 e. The summed E-state index contributed by atoms with van der Waals surface area (Å²) in [6.07, 6.45) is 0. The molecular formula is C25H27N2OSi+. The van der Waals surface area contributed by atoms with Gasteiger partial charge in [0.2, 0.25) is 5.52 Å². The molecule has 0 amide bonds. The summed E-state index contributed by atoms with van der Waals surface area (Å²) in [5.74, 6) is 1.62. The van der Waals surface area contributed by atoms with Crippen LogP contribution in [0.15, 0.2) is 36.4 Å². The molecule has 0 bridgehead atoms. The predicted octanol–water partition coefficient (Wildman–Crippen LogP) is 5.46. The van der Waals surface area contributed by atoms with Crippen LogP contribution in [0.5, 0.6) is 11.6 Å². The molecule has 3 aromatic carbocycles. The molecule has 4 aromatic rings. The minimum absolute atomic E-state index is 0.709. The third-order valence-electron chi connectivity index (χ3n) is 6.27. The Kier molecular flexibility index (Phi) is 3.72. The van der Waals surface area contributed by atoms with Gasteiger partial charge in [0.25, 0.3) is 11.6 Å². The van der Waals surface area contributed by atoms with Gasteiger partial charge in [0, 0.05) is 11.5 Å². The standard InChI is InChI=1S/C25H27N2OSi/c1-14-10-17-12-15(2)16(3)22-23(17)21(11-14)28-25-24(22)27(4)20-9-8-18(29(5,6)7)13-19(20)26-25/h8-13H,1-7H3/q+1. The van der Waals surface area contributed by atoms with Crippen molar-refractivity contribution >= 4 is 35.1 Å². The number of hydrogen-bond donors (Lipinski definition) is 0. The van der Waals surface area contributed by atoms with E-state index in [0.29, 0.717) is 5.88 Å². The summed E-state index contributed by atoms with van der Waals surface area (Å²) < 4.78 is 8.68. The van der Waals surface area contributed by atoms with E-state index in [1.165, 1.54) is 38.2 Å². The van der Waals surface area contributed by atoms with E-state index in [2.05, 4.69) is 88.4 Å². The second-order valence-corrected chi connectivity index (χ2v) is 14.5. The first-order chi connectivity index (χ1) is 13.6. The lowest BCUT2D eigenvalue weighted by atomic mass is 9.90. The summed E-state index contributed by atoms with van der Waals surface area (Å²) in [5.41, 5.74) is 8.26. The Balaban J connectivity index is 1.91. The molecule has 3 nitrogen and oxygen atoms in total. The highest BCUT2D eigenvalue weighted by atomic mass is 28.3. The zero-order valence-electron chi connectivity index (χ0n) is 18.3. The Morgan fingerprint density at radius 1 is 0.966 bits per heavy atom. The maximum atomic E-state index is 6.42. The lowest BCUT2D eigenvalue weighted by Crippen LogP contribution is -2.39. The van der Waals surface area contributed by atoms with Crippen LogP contribution in [0.1, 0.15) is 16.7 Å². The molecule has 0 radical (unpaired) electrons. The number of benzene rings is 3. The number of fused-ring (bicyclic) bond motifs is 3. The number of aryl methyl sites for hydroxylation is 3. The molecule has 4 heteroatoms. The van der Waals surface area contributed by atoms with E-state index in [0.717, 1.165) is 22.5 Å². The molecule has 5 rings (SSSR count). The van der Waals surface area contributed by atoms with Crippen molar-refractivity contribution in [3.63, 3.8) is 0 Å². The van der Waals surface area contributed by atoms with E-state index in [1.807, 2.05) is 0 Å². The molecule has 146 valence electrons. The Bertz CT molecular complexity index is 1350. The SMILES string of the molecule is Cc1cc2c3c(c(C)c(C)cc3c1)-c1c(nc3cc([Si](C)(C)C)ccc3[n+]1C)O2. The molecule has 0 unspecified atom stereocenters. The number of hydrogen-bond acceptors (Lipinski definition) is 2. The number of ether oxygens (including phenoxy) is 1. The average molecular weight is 400 g/mol. The van der Waals surface area contributed by atoms with Crippen LogP contribution in [0.3, 0.4) is 0 Å². The number of nitrogens with zero attached hydrogens (tertiary/aromatic N) is 2. The average Bonchev–Trinajstić information content (AvgIpc) is 2.63. The van der Waals surface area contributed by atoms with E-state index in [-0.39, 0.29) is 0 Å². The molecule has 0 spiro atoms. The summed E-state index contributed by atoms with van der Waals surface area (Å²) in [7, 11) is 0.718. The highest BCUT2D eigenvalue weighted by Crippen LogP contribution is 2.47. The summed E-state index contributed by atoms with van der Waals surface area (Å²) in [6, 6.07) is 13.4. The molecule has 0 saturated carbocycles. The fraction of sp³-hybridized carbons (Fsp3) is 0.280. The summed E-state index contributed by atoms with van der Waals surface area (Å²) in [5, 5.41) is 3.85. The molecule has 2 heterocycles. The molecule has 0 atom stereocenters. The van der Waals surface area contributed by atoms with Gasteiger partial charge in [0.1, 0.15) is 18.3 Å². The lowest BCUT2D eigenvalue weighted by Gasteiger charge is -2.22. The van der Waals surface area contributed by atoms with Crippen LogP contribution in [0.25, 0.3) is 33.1 Å². The topological polar surface area (TPSA) is 26.0 Å². The Morgan fingerprint density at radius 2 is 1.72 bits per heavy atom. The first kappa shape index (κ1) is 18.3. The second-order valence-electron chi connectivity index (χ2n) is 9.43. The molecule has 1 aromatic heterocycles. The van der Waals surface area contributed by atoms with Crippen molar-refractivity contribution in [2.45, 2.75) is 40.4 Å². The fourth-order valence-corrected chi connectivity index (χ4v) is 5.66. The monoisotopic (exact) mass is 399 g/mol. The first-order valence-corrected chi connectivity index (χ1v) is 13.7. The van der Waals surface area contributed by atoms with Gasteiger partial charge in [0.15, 0.2) is 0 Å². The van der Waals surface area contributed by atoms with Gasteiger partial charge in [-0.05, 0) is 55.0 Å². The van der Waals surface area contributed by atoms with Crippen molar-refractivity contribution in [3.05, 3.63) is 53.1 Å². The third-order valence-corrected chi connectivity index (χ3v) is 8.31. The minimum Gasteiger partial charge on any atom is -0.433 e. The van der Waals surface area contributed by atoms with Gasteiger partial charge in [-0.1, -0.05) is 43.0 Å². The van der Waals surface area contributed by atoms with E-state index in [4.69, 9.17) is 9.72 Å². The van der Waals surface area contributed by atoms with Crippen LogP contribution in [0.4, 0.5) is 0 Å². The van der Waals surface area contributed by atoms with Crippen LogP contribution in [0.2, 0.25) is 19.6 Å². The van der Waals surface area contributed by atoms with Crippen molar-refractivity contribution in [3.8, 4) is 22.9 Å². The quantitative estimate of drug-likeness (QED) is 0.276. The van der Waals surface area contributed by atoms with Gasteiger partial charge in [-0.2, -0.15) is 4.57 Å². The normalized spacial score (nSPS) is 12.9. The Morgan fingerprint density at radius 3 is 2.45 bits per heavy atom. The molecular weight excluding hydrogens is 372 g/mol. The third kappa shape index (κ3) is 2.62. The molecule has 1 aliphatic heterocycles. The Labute approximate surface area is 173 Å². The van der Waals surface area contributed by atoms with Gasteiger partial charge in [-0.25, -0.2) is 4.98 Å². The van der Waals surface area contributed by atoms with Gasteiger partial charge in [-0.15, -0.1) is 0 Å². The lowest BCUT2D eigenvalue weighted by molar-refractivity contribution is -0.634. The fourth-order valence-electron chi connectivity index (χ4n) is 4.50. The zero-order chi connectivity index (χ0) is 20.7. The van der Waals surface area contributed by atoms with Crippen LogP contribution in [0, 0.1) is 20.8 Å². The van der Waals surface area contributed by atoms with Crippen LogP contribution < -0.4 is 14.5 Å². The molecule has 0 saturated heterocycles. The van der Waals surface area contributed by atoms with Crippen LogP contribution in [-0.2, 0) is 7.05 Å². The molecule has 29 heavy (non-hydrogen) atoms. The van der Waals surface area contributed by atoms with Crippen molar-refractivity contribution in [1.82, 2.24) is 4.98 Å². The van der Waals surface area contributed by atoms with E-state index in [9.17, 15) is 0 Å². The van der Waals surface area contributed by atoms with Gasteiger partial charge in [-0.3, -0.25) is 0 Å². The van der Waals surface area contributed by atoms with Crippen LogP contribution >= 0.6 is 0 Å². The first-order valence-electron chi connectivity index (χ1n) is 10.2. The smallest absolute Gasteiger partial charge is 0.294 e. The van der Waals surface area contributed by atoms with E-state index < -0.39 is 8.07 Å². The Hall–Kier alpha value is -2.72. The highest BCUT2D eigenvalue weighted by molar-refractivity contribution is 6.88. The summed E-state index contributed by atoms with van der Waals surface area (Å²) in [4.78, 5) is 5.02. The van der Waals surface area contributed by atoms with Gasteiger partial charge < -0.3 is 4.74 Å². The molecule has 1 aliphatic rings. The van der Waals surface area contributed by atoms with Crippen molar-refractivity contribution < 1.29 is 9.30 Å². The maximum absolute atomic E-state index is 6.42. The highest BCUT2D eigenvalue weighted by Gasteiger charge is 2.33. The van der Waals surface area contributed by atoms with Gasteiger partial charge in [0.05, 0.1) is 13.6 Å². The minimum atomic E-state index is -1.41. The predicted molar refractivity (Wildman–Crippen MR) is 123 cm³/mol. The molecule has 0 fully saturated rings. The van der Waals surface area contributed by atoms with Crippen LogP contribution in [-0.4, -0.2) is 13.1 Å². The van der Waals surface area contributed by atoms with E-state index in [1.54, 1.807) is 0 Å². The van der Waals surface area contributed by atoms with Crippen molar-refractivity contribution in [1.29, 1.82) is 0 Å². The maximum Gasteiger partial charge on any atom is 0.294 e. The zero-order valence-corrected chi connectivity index (χ0v) is 19.3. The van der Waals surface area contributed by atoms with E-state index >= 15 is 0 Å². The number of aromatic nitrogens is 2. The molecule has 0 aliphatic carbocycles. The van der Waals surface area contributed by atoms with Crippen molar-refractivity contribution in [2.75, 3.05) is 0 Å². The summed E-state index contributed by atoms with van der Waals surface area (Å²) in [6.45, 7) is 13.6. The van der Waals surface area contributed by atoms with Crippen molar-refractivity contribution in [2.24, 2.45) is 7.05 Å². The molecule has 0 N–H and O–H groups in total. The second kappa shape index (κ2) is 5.89.